The van der Waals surface area contributed by atoms with Gasteiger partial charge in [0.25, 0.3) is 5.69 Å². The van der Waals surface area contributed by atoms with E-state index in [2.05, 4.69) is 10.2 Å². The predicted octanol–water partition coefficient (Wildman–Crippen LogP) is 2.71. The molecule has 0 bridgehead atoms. The van der Waals surface area contributed by atoms with Crippen molar-refractivity contribution in [2.24, 2.45) is 15.9 Å². The van der Waals surface area contributed by atoms with E-state index in [1.54, 1.807) is 36.4 Å². The molecule has 1 aliphatic heterocycles. The Morgan fingerprint density at radius 2 is 2.00 bits per heavy atom. The van der Waals surface area contributed by atoms with Gasteiger partial charge in [0.05, 0.1) is 29.0 Å². The SMILES string of the molecule is CCOc1ccc(N2C(=O)C[C@@H](S/C(N)=N\N=C/c3ccccc3[N+](=O)[O-])C2=O)cc1. The van der Waals surface area contributed by atoms with E-state index in [9.17, 15) is 19.7 Å². The fourth-order valence-corrected chi connectivity index (χ4v) is 3.72. The zero-order chi connectivity index (χ0) is 22.4. The Morgan fingerprint density at radius 3 is 2.68 bits per heavy atom. The molecule has 2 N–H and O–H groups in total. The first-order valence-corrected chi connectivity index (χ1v) is 10.1. The minimum absolute atomic E-state index is 0.0270. The highest BCUT2D eigenvalue weighted by Gasteiger charge is 2.40. The molecule has 10 nitrogen and oxygen atoms in total. The number of hydrogen-bond donors (Lipinski definition) is 1. The number of nitrogens with two attached hydrogens (primary N) is 1. The van der Waals surface area contributed by atoms with E-state index in [4.69, 9.17) is 10.5 Å². The molecule has 0 aromatic heterocycles. The molecule has 0 unspecified atom stereocenters. The zero-order valence-electron chi connectivity index (χ0n) is 16.5. The summed E-state index contributed by atoms with van der Waals surface area (Å²) in [6, 6.07) is 12.7. The van der Waals surface area contributed by atoms with Crippen LogP contribution in [0.1, 0.15) is 18.9 Å². The highest BCUT2D eigenvalue weighted by molar-refractivity contribution is 8.14. The van der Waals surface area contributed by atoms with Crippen molar-refractivity contribution in [3.63, 3.8) is 0 Å². The summed E-state index contributed by atoms with van der Waals surface area (Å²) in [6.07, 6.45) is 1.18. The van der Waals surface area contributed by atoms with E-state index in [1.165, 1.54) is 18.3 Å². The van der Waals surface area contributed by atoms with Crippen LogP contribution < -0.4 is 15.4 Å². The number of amidine groups is 1. The van der Waals surface area contributed by atoms with Crippen molar-refractivity contribution in [2.75, 3.05) is 11.5 Å². The Bertz CT molecular complexity index is 1050. The molecular formula is C20H19N5O5S. The number of benzene rings is 2. The molecule has 1 saturated heterocycles. The summed E-state index contributed by atoms with van der Waals surface area (Å²) in [5.41, 5.74) is 6.43. The number of para-hydroxylation sites is 1. The average molecular weight is 441 g/mol. The Hall–Kier alpha value is -3.73. The second-order valence-electron chi connectivity index (χ2n) is 6.30. The van der Waals surface area contributed by atoms with Crippen LogP contribution in [0.2, 0.25) is 0 Å². The van der Waals surface area contributed by atoms with Gasteiger partial charge in [-0.3, -0.25) is 19.7 Å². The maximum absolute atomic E-state index is 12.7. The predicted molar refractivity (Wildman–Crippen MR) is 118 cm³/mol. The molecule has 1 fully saturated rings. The number of nitro groups is 1. The number of ether oxygens (including phenoxy) is 1. The van der Waals surface area contributed by atoms with Crippen molar-refractivity contribution in [3.05, 3.63) is 64.2 Å². The molecular weight excluding hydrogens is 422 g/mol. The lowest BCUT2D eigenvalue weighted by molar-refractivity contribution is -0.385. The first kappa shape index (κ1) is 22.0. The number of nitrogens with zero attached hydrogens (tertiary/aromatic N) is 4. The smallest absolute Gasteiger partial charge is 0.278 e. The first-order chi connectivity index (χ1) is 14.9. The largest absolute Gasteiger partial charge is 0.494 e. The van der Waals surface area contributed by atoms with Crippen molar-refractivity contribution in [3.8, 4) is 5.75 Å². The van der Waals surface area contributed by atoms with Crippen LogP contribution in [0.15, 0.2) is 58.7 Å². The third kappa shape index (κ3) is 5.25. The fraction of sp³-hybridized carbons (Fsp3) is 0.200. The van der Waals surface area contributed by atoms with Crippen molar-refractivity contribution in [1.82, 2.24) is 0 Å². The fourth-order valence-electron chi connectivity index (χ4n) is 2.91. The second kappa shape index (κ2) is 9.85. The van der Waals surface area contributed by atoms with Gasteiger partial charge in [0, 0.05) is 12.5 Å². The van der Waals surface area contributed by atoms with Crippen molar-refractivity contribution in [1.29, 1.82) is 0 Å². The maximum Gasteiger partial charge on any atom is 0.278 e. The lowest BCUT2D eigenvalue weighted by atomic mass is 10.2. The normalized spacial score (nSPS) is 16.9. The molecule has 2 amide bonds. The van der Waals surface area contributed by atoms with Crippen molar-refractivity contribution < 1.29 is 19.2 Å². The van der Waals surface area contributed by atoms with Gasteiger partial charge in [-0.2, -0.15) is 5.10 Å². The highest BCUT2D eigenvalue weighted by Crippen LogP contribution is 2.30. The summed E-state index contributed by atoms with van der Waals surface area (Å²) in [5, 5.41) is 17.8. The summed E-state index contributed by atoms with van der Waals surface area (Å²) in [7, 11) is 0. The van der Waals surface area contributed by atoms with Gasteiger partial charge in [0.15, 0.2) is 5.17 Å². The van der Waals surface area contributed by atoms with E-state index in [1.807, 2.05) is 6.92 Å². The van der Waals surface area contributed by atoms with Gasteiger partial charge in [-0.15, -0.1) is 5.10 Å². The van der Waals surface area contributed by atoms with Gasteiger partial charge in [-0.25, -0.2) is 4.90 Å². The Balaban J connectivity index is 1.67. The standard InChI is InChI=1S/C20H19N5O5S/c1-2-30-15-9-7-14(8-10-15)24-18(26)11-17(19(24)27)31-20(21)23-22-12-13-5-3-4-6-16(13)25(28)29/h3-10,12,17H,2,11H2,1H3,(H2,21,23)/b22-12-/t17-/m1/s1. The summed E-state index contributed by atoms with van der Waals surface area (Å²) in [4.78, 5) is 36.7. The third-order valence-corrected chi connectivity index (χ3v) is 5.24. The van der Waals surface area contributed by atoms with E-state index < -0.39 is 16.1 Å². The maximum atomic E-state index is 12.7. The summed E-state index contributed by atoms with van der Waals surface area (Å²) in [6.45, 7) is 2.37. The Labute approximate surface area is 181 Å². The molecule has 3 rings (SSSR count). The minimum atomic E-state index is -0.732. The lowest BCUT2D eigenvalue weighted by Gasteiger charge is -2.15. The topological polar surface area (TPSA) is 140 Å². The summed E-state index contributed by atoms with van der Waals surface area (Å²) >= 11 is 0.918. The Kier molecular flexibility index (Phi) is 6.98. The lowest BCUT2D eigenvalue weighted by Crippen LogP contribution is -2.31. The third-order valence-electron chi connectivity index (χ3n) is 4.26. The molecule has 2 aromatic carbocycles. The van der Waals surface area contributed by atoms with Gasteiger partial charge >= 0.3 is 0 Å². The molecule has 11 heteroatoms. The van der Waals surface area contributed by atoms with Crippen LogP contribution in [0.25, 0.3) is 0 Å². The van der Waals surface area contributed by atoms with E-state index >= 15 is 0 Å². The van der Waals surface area contributed by atoms with Gasteiger partial charge in [0.2, 0.25) is 11.8 Å². The Morgan fingerprint density at radius 1 is 1.29 bits per heavy atom. The molecule has 0 radical (unpaired) electrons. The number of carbonyl (C=O) groups excluding carboxylic acids is 2. The summed E-state index contributed by atoms with van der Waals surface area (Å²) in [5.74, 6) is -0.105. The minimum Gasteiger partial charge on any atom is -0.494 e. The molecule has 0 spiro atoms. The molecule has 31 heavy (non-hydrogen) atoms. The highest BCUT2D eigenvalue weighted by atomic mass is 32.2. The van der Waals surface area contributed by atoms with Crippen molar-refractivity contribution >= 4 is 46.3 Å². The van der Waals surface area contributed by atoms with Gasteiger partial charge in [-0.1, -0.05) is 23.9 Å². The number of amides is 2. The van der Waals surface area contributed by atoms with Crippen LogP contribution in [0.3, 0.4) is 0 Å². The van der Waals surface area contributed by atoms with Crippen LogP contribution in [-0.2, 0) is 9.59 Å². The molecule has 1 heterocycles. The van der Waals surface area contributed by atoms with Gasteiger partial charge < -0.3 is 10.5 Å². The second-order valence-corrected chi connectivity index (χ2v) is 7.53. The van der Waals surface area contributed by atoms with Crippen LogP contribution in [0, 0.1) is 10.1 Å². The van der Waals surface area contributed by atoms with Crippen molar-refractivity contribution in [2.45, 2.75) is 18.6 Å². The molecule has 160 valence electrons. The van der Waals surface area contributed by atoms with Gasteiger partial charge in [-0.05, 0) is 37.3 Å². The van der Waals surface area contributed by atoms with E-state index in [0.717, 1.165) is 16.7 Å². The number of carbonyl (C=O) groups is 2. The number of anilines is 1. The number of imide groups is 1. The molecule has 0 aliphatic carbocycles. The number of rotatable bonds is 7. The van der Waals surface area contributed by atoms with Crippen LogP contribution in [0.4, 0.5) is 11.4 Å². The van der Waals surface area contributed by atoms with Gasteiger partial charge in [0.1, 0.15) is 11.0 Å². The molecule has 1 atom stereocenters. The number of nitro benzene ring substituents is 1. The molecule has 2 aromatic rings. The zero-order valence-corrected chi connectivity index (χ0v) is 17.3. The summed E-state index contributed by atoms with van der Waals surface area (Å²) < 4.78 is 5.37. The van der Waals surface area contributed by atoms with Crippen LogP contribution in [0.5, 0.6) is 5.75 Å². The average Bonchev–Trinajstić information content (AvgIpc) is 3.02. The molecule has 1 aliphatic rings. The van der Waals surface area contributed by atoms with Crippen LogP contribution >= 0.6 is 11.8 Å². The quantitative estimate of drug-likeness (QED) is 0.229. The van der Waals surface area contributed by atoms with E-state index in [0.29, 0.717) is 18.0 Å². The van der Waals surface area contributed by atoms with E-state index in [-0.39, 0.29) is 28.7 Å². The molecule has 0 saturated carbocycles. The number of thioether (sulfide) groups is 1. The monoisotopic (exact) mass is 441 g/mol. The number of hydrogen-bond acceptors (Lipinski definition) is 8. The first-order valence-electron chi connectivity index (χ1n) is 9.27. The van der Waals surface area contributed by atoms with Crippen LogP contribution in [-0.4, -0.2) is 40.0 Å².